The van der Waals surface area contributed by atoms with Gasteiger partial charge in [0.15, 0.2) is 11.6 Å². The van der Waals surface area contributed by atoms with Gasteiger partial charge >= 0.3 is 0 Å². The fourth-order valence-corrected chi connectivity index (χ4v) is 3.32. The first kappa shape index (κ1) is 20.9. The van der Waals surface area contributed by atoms with Crippen LogP contribution >= 0.6 is 23.2 Å². The fraction of sp³-hybridized carbons (Fsp3) is 0.100. The third-order valence-electron chi connectivity index (χ3n) is 4.33. The van der Waals surface area contributed by atoms with Crippen molar-refractivity contribution in [3.05, 3.63) is 69.4 Å². The molecule has 152 valence electrons. The van der Waals surface area contributed by atoms with Gasteiger partial charge in [-0.2, -0.15) is 10.4 Å². The van der Waals surface area contributed by atoms with Gasteiger partial charge in [-0.25, -0.2) is 4.39 Å². The molecule has 0 atom stereocenters. The summed E-state index contributed by atoms with van der Waals surface area (Å²) in [5.41, 5.74) is 1.33. The van der Waals surface area contributed by atoms with Gasteiger partial charge in [0.05, 0.1) is 23.1 Å². The maximum Gasteiger partial charge on any atom is 0.265 e. The lowest BCUT2D eigenvalue weighted by atomic mass is 9.97. The van der Waals surface area contributed by atoms with Crippen molar-refractivity contribution >= 4 is 36.5 Å². The topological polar surface area (TPSA) is 89.8 Å². The van der Waals surface area contributed by atoms with Crippen LogP contribution in [0.25, 0.3) is 11.6 Å². The molecule has 4 aromatic rings. The van der Waals surface area contributed by atoms with E-state index in [0.717, 1.165) is 0 Å². The Morgan fingerprint density at radius 3 is 2.77 bits per heavy atom. The summed E-state index contributed by atoms with van der Waals surface area (Å²) in [6, 6.07) is 9.28. The Bertz CT molecular complexity index is 1310. The summed E-state index contributed by atoms with van der Waals surface area (Å²) < 4.78 is 27.9. The van der Waals surface area contributed by atoms with Gasteiger partial charge in [-0.15, -0.1) is 10.2 Å². The van der Waals surface area contributed by atoms with E-state index in [1.807, 2.05) is 6.07 Å². The van der Waals surface area contributed by atoms with Crippen LogP contribution in [0.1, 0.15) is 17.0 Å². The highest BCUT2D eigenvalue weighted by Gasteiger charge is 2.19. The van der Waals surface area contributed by atoms with Crippen LogP contribution in [0.3, 0.4) is 0 Å². The number of aromatic nitrogens is 4. The number of rotatable bonds is 5. The number of nitrogens with zero attached hydrogens (tertiary/aromatic N) is 5. The molecule has 0 saturated heterocycles. The average Bonchev–Trinajstić information content (AvgIpc) is 3.32. The maximum atomic E-state index is 15.2. The molecule has 0 aliphatic carbocycles. The normalized spacial score (nSPS) is 10.8. The third kappa shape index (κ3) is 4.26. The SMILES string of the molecule is [B]c1cnn(C)c1-c1nnc(Cc2ccc(Cl)c(Oc3cc(Cl)cc(C#N)c3)c2F)o1. The van der Waals surface area contributed by atoms with Gasteiger partial charge in [0.1, 0.15) is 19.3 Å². The quantitative estimate of drug-likeness (QED) is 0.425. The molecule has 0 unspecified atom stereocenters. The molecule has 0 bridgehead atoms. The van der Waals surface area contributed by atoms with Gasteiger partial charge in [0, 0.05) is 23.8 Å². The van der Waals surface area contributed by atoms with E-state index >= 15 is 4.39 Å². The molecule has 31 heavy (non-hydrogen) atoms. The largest absolute Gasteiger partial charge is 0.453 e. The first-order valence-electron chi connectivity index (χ1n) is 8.81. The van der Waals surface area contributed by atoms with Gasteiger partial charge in [-0.05, 0) is 29.7 Å². The third-order valence-corrected chi connectivity index (χ3v) is 4.84. The second-order valence-electron chi connectivity index (χ2n) is 6.49. The summed E-state index contributed by atoms with van der Waals surface area (Å²) in [5, 5.41) is 21.3. The molecule has 0 fully saturated rings. The number of ether oxygens (including phenoxy) is 1. The molecule has 0 N–H and O–H groups in total. The van der Waals surface area contributed by atoms with Gasteiger partial charge in [-0.3, -0.25) is 4.68 Å². The van der Waals surface area contributed by atoms with Crippen LogP contribution < -0.4 is 10.2 Å². The van der Waals surface area contributed by atoms with Crippen LogP contribution in [-0.4, -0.2) is 27.8 Å². The molecular formula is C20H11BCl2FN5O2. The first-order valence-corrected chi connectivity index (χ1v) is 9.57. The van der Waals surface area contributed by atoms with Crippen LogP contribution in [0.5, 0.6) is 11.5 Å². The van der Waals surface area contributed by atoms with E-state index in [0.29, 0.717) is 11.2 Å². The van der Waals surface area contributed by atoms with Gasteiger partial charge in [-0.1, -0.05) is 29.3 Å². The van der Waals surface area contributed by atoms with Crippen LogP contribution in [0.2, 0.25) is 10.0 Å². The lowest BCUT2D eigenvalue weighted by molar-refractivity contribution is 0.437. The zero-order chi connectivity index (χ0) is 22.1. The molecule has 7 nitrogen and oxygen atoms in total. The molecule has 0 aliphatic heterocycles. The molecule has 2 radical (unpaired) electrons. The molecule has 0 saturated carbocycles. The lowest BCUT2D eigenvalue weighted by Crippen LogP contribution is -2.05. The number of benzene rings is 2. The molecular weight excluding hydrogens is 443 g/mol. The zero-order valence-electron chi connectivity index (χ0n) is 15.9. The van der Waals surface area contributed by atoms with Crippen LogP contribution in [0.15, 0.2) is 40.9 Å². The summed E-state index contributed by atoms with van der Waals surface area (Å²) in [4.78, 5) is 0. The van der Waals surface area contributed by atoms with E-state index in [1.54, 1.807) is 7.05 Å². The molecule has 0 spiro atoms. The van der Waals surface area contributed by atoms with E-state index in [2.05, 4.69) is 15.3 Å². The minimum absolute atomic E-state index is 0.0108. The first-order chi connectivity index (χ1) is 14.9. The summed E-state index contributed by atoms with van der Waals surface area (Å²) in [7, 11) is 7.55. The molecule has 0 amide bonds. The van der Waals surface area contributed by atoms with Crippen molar-refractivity contribution in [2.45, 2.75) is 6.42 Å². The summed E-state index contributed by atoms with van der Waals surface area (Å²) in [6.45, 7) is 0. The fourth-order valence-electron chi connectivity index (χ4n) is 2.91. The van der Waals surface area contributed by atoms with Gasteiger partial charge in [0.2, 0.25) is 5.89 Å². The highest BCUT2D eigenvalue weighted by Crippen LogP contribution is 2.36. The van der Waals surface area contributed by atoms with Crippen molar-refractivity contribution in [3.63, 3.8) is 0 Å². The van der Waals surface area contributed by atoms with Gasteiger partial charge < -0.3 is 9.15 Å². The average molecular weight is 454 g/mol. The standard InChI is InChI=1S/C20H11BCl2FN5O2/c1-29-18(14(21)9-26-29)20-28-27-16(31-20)6-11-2-3-15(23)19(17(11)24)30-13-5-10(8-25)4-12(22)7-13/h2-5,7,9H,6H2,1H3. The molecule has 0 aliphatic rings. The number of hydrogen-bond acceptors (Lipinski definition) is 6. The minimum Gasteiger partial charge on any atom is -0.453 e. The Balaban J connectivity index is 1.63. The number of nitriles is 1. The Labute approximate surface area is 187 Å². The molecule has 2 aromatic carbocycles. The zero-order valence-corrected chi connectivity index (χ0v) is 17.4. The van der Waals surface area contributed by atoms with Gasteiger partial charge in [0.25, 0.3) is 5.89 Å². The maximum absolute atomic E-state index is 15.2. The highest BCUT2D eigenvalue weighted by molar-refractivity contribution is 6.35. The van der Waals surface area contributed by atoms with Crippen molar-refractivity contribution < 1.29 is 13.5 Å². The van der Waals surface area contributed by atoms with E-state index < -0.39 is 5.82 Å². The Morgan fingerprint density at radius 2 is 2.06 bits per heavy atom. The summed E-state index contributed by atoms with van der Waals surface area (Å²) >= 11 is 12.1. The number of halogens is 3. The number of aryl methyl sites for hydroxylation is 1. The lowest BCUT2D eigenvalue weighted by Gasteiger charge is -2.11. The highest BCUT2D eigenvalue weighted by atomic mass is 35.5. The monoisotopic (exact) mass is 453 g/mol. The van der Waals surface area contributed by atoms with E-state index in [1.165, 1.54) is 41.2 Å². The smallest absolute Gasteiger partial charge is 0.265 e. The predicted molar refractivity (Wildman–Crippen MR) is 112 cm³/mol. The second-order valence-corrected chi connectivity index (χ2v) is 7.33. The summed E-state index contributed by atoms with van der Waals surface area (Å²) in [6.07, 6.45) is 1.46. The minimum atomic E-state index is -0.703. The van der Waals surface area contributed by atoms with Crippen LogP contribution in [0.4, 0.5) is 4.39 Å². The van der Waals surface area contributed by atoms with Crippen LogP contribution in [-0.2, 0) is 13.5 Å². The van der Waals surface area contributed by atoms with E-state index in [4.69, 9.17) is 45.5 Å². The van der Waals surface area contributed by atoms with Crippen molar-refractivity contribution in [1.82, 2.24) is 20.0 Å². The molecule has 2 aromatic heterocycles. The van der Waals surface area contributed by atoms with Crippen molar-refractivity contribution in [2.24, 2.45) is 7.05 Å². The Hall–Kier alpha value is -3.35. The second kappa shape index (κ2) is 8.42. The van der Waals surface area contributed by atoms with E-state index in [9.17, 15) is 0 Å². The van der Waals surface area contributed by atoms with E-state index in [-0.39, 0.29) is 50.9 Å². The molecule has 11 heteroatoms. The summed E-state index contributed by atoms with van der Waals surface area (Å²) in [5.74, 6) is -0.404. The Kier molecular flexibility index (Phi) is 5.68. The number of hydrogen-bond donors (Lipinski definition) is 0. The molecule has 2 heterocycles. The molecule has 4 rings (SSSR count). The predicted octanol–water partition coefficient (Wildman–Crippen LogP) is 3.96. The van der Waals surface area contributed by atoms with Crippen molar-refractivity contribution in [2.75, 3.05) is 0 Å². The van der Waals surface area contributed by atoms with Crippen molar-refractivity contribution in [3.8, 4) is 29.2 Å². The Morgan fingerprint density at radius 1 is 1.26 bits per heavy atom. The van der Waals surface area contributed by atoms with Crippen LogP contribution in [0, 0.1) is 17.1 Å². The van der Waals surface area contributed by atoms with Crippen molar-refractivity contribution in [1.29, 1.82) is 5.26 Å².